The minimum atomic E-state index is -4.34. The zero-order chi connectivity index (χ0) is 21.1. The second-order valence-corrected chi connectivity index (χ2v) is 7.32. The molecule has 6 heteroatoms. The van der Waals surface area contributed by atoms with Crippen LogP contribution in [0.5, 0.6) is 0 Å². The number of hydrogen-bond donors (Lipinski definition) is 0. The monoisotopic (exact) mass is 410 g/mol. The number of benzene rings is 3. The van der Waals surface area contributed by atoms with E-state index in [-0.39, 0.29) is 6.61 Å². The molecule has 0 amide bonds. The number of halogens is 3. The summed E-state index contributed by atoms with van der Waals surface area (Å²) in [6, 6.07) is 21.4. The quantitative estimate of drug-likeness (QED) is 0.371. The molecule has 0 aromatic heterocycles. The fourth-order valence-corrected chi connectivity index (χ4v) is 3.49. The largest absolute Gasteiger partial charge is 0.416 e. The number of anilines is 1. The molecule has 0 N–H and O–H groups in total. The van der Waals surface area contributed by atoms with Gasteiger partial charge in [0.15, 0.2) is 0 Å². The van der Waals surface area contributed by atoms with Crippen LogP contribution < -0.4 is 4.90 Å². The third-order valence-corrected chi connectivity index (χ3v) is 5.18. The standard InChI is InChI=1S/C24H21F3N2O/c1-17(28-30-16-18-9-11-22(12-10-18)24(25,26)27)19-7-4-8-23(13-19)29-14-20-5-2-3-6-21(20)15-29/h2-13H,14-16H2,1H3/b28-17+. The molecule has 0 unspecified atom stereocenters. The first-order chi connectivity index (χ1) is 14.4. The highest BCUT2D eigenvalue weighted by Gasteiger charge is 2.29. The molecule has 1 aliphatic rings. The van der Waals surface area contributed by atoms with E-state index in [0.29, 0.717) is 11.3 Å². The smallest absolute Gasteiger partial charge is 0.391 e. The molecule has 30 heavy (non-hydrogen) atoms. The Labute approximate surface area is 173 Å². The average Bonchev–Trinajstić information content (AvgIpc) is 3.18. The van der Waals surface area contributed by atoms with Gasteiger partial charge in [-0.05, 0) is 47.9 Å². The van der Waals surface area contributed by atoms with Gasteiger partial charge in [-0.2, -0.15) is 13.2 Å². The summed E-state index contributed by atoms with van der Waals surface area (Å²) in [4.78, 5) is 7.68. The summed E-state index contributed by atoms with van der Waals surface area (Å²) >= 11 is 0. The van der Waals surface area contributed by atoms with Crippen molar-refractivity contribution in [2.45, 2.75) is 32.8 Å². The maximum absolute atomic E-state index is 12.6. The van der Waals surface area contributed by atoms with E-state index in [9.17, 15) is 13.2 Å². The molecule has 0 saturated carbocycles. The lowest BCUT2D eigenvalue weighted by Gasteiger charge is -2.18. The van der Waals surface area contributed by atoms with E-state index >= 15 is 0 Å². The minimum absolute atomic E-state index is 0.108. The molecule has 0 fully saturated rings. The zero-order valence-corrected chi connectivity index (χ0v) is 16.5. The van der Waals surface area contributed by atoms with Gasteiger partial charge in [-0.15, -0.1) is 0 Å². The maximum atomic E-state index is 12.6. The fraction of sp³-hybridized carbons (Fsp3) is 0.208. The van der Waals surface area contributed by atoms with Crippen LogP contribution >= 0.6 is 0 Å². The number of alkyl halides is 3. The summed E-state index contributed by atoms with van der Waals surface area (Å²) in [5.74, 6) is 0. The van der Waals surface area contributed by atoms with Crippen LogP contribution in [0.25, 0.3) is 0 Å². The Balaban J connectivity index is 1.39. The summed E-state index contributed by atoms with van der Waals surface area (Å²) < 4.78 is 37.9. The molecule has 0 radical (unpaired) electrons. The Morgan fingerprint density at radius 1 is 0.933 bits per heavy atom. The summed E-state index contributed by atoms with van der Waals surface area (Å²) in [6.07, 6.45) is -4.34. The van der Waals surface area contributed by atoms with E-state index in [1.807, 2.05) is 19.1 Å². The molecule has 0 saturated heterocycles. The van der Waals surface area contributed by atoms with Crippen molar-refractivity contribution in [3.63, 3.8) is 0 Å². The molecule has 0 aliphatic carbocycles. The number of nitrogens with zero attached hydrogens (tertiary/aromatic N) is 2. The number of rotatable bonds is 5. The Bertz CT molecular complexity index is 1030. The fourth-order valence-electron chi connectivity index (χ4n) is 3.49. The van der Waals surface area contributed by atoms with Crippen molar-refractivity contribution >= 4 is 11.4 Å². The molecule has 0 spiro atoms. The predicted molar refractivity (Wildman–Crippen MR) is 111 cm³/mol. The number of oxime groups is 1. The molecule has 0 atom stereocenters. The molecular weight excluding hydrogens is 389 g/mol. The molecule has 154 valence electrons. The molecule has 3 nitrogen and oxygen atoms in total. The van der Waals surface area contributed by atoms with Gasteiger partial charge < -0.3 is 9.74 Å². The maximum Gasteiger partial charge on any atom is 0.416 e. The SMILES string of the molecule is C/C(=N\OCc1ccc(C(F)(F)F)cc1)c1cccc(N2Cc3ccccc3C2)c1. The molecule has 3 aromatic rings. The van der Waals surface area contributed by atoms with E-state index < -0.39 is 11.7 Å². The Kier molecular flexibility index (Phi) is 5.48. The van der Waals surface area contributed by atoms with Crippen LogP contribution in [0, 0.1) is 0 Å². The van der Waals surface area contributed by atoms with E-state index in [1.54, 1.807) is 0 Å². The van der Waals surface area contributed by atoms with Gasteiger partial charge in [0.1, 0.15) is 6.61 Å². The molecule has 3 aromatic carbocycles. The average molecular weight is 410 g/mol. The Morgan fingerprint density at radius 3 is 2.23 bits per heavy atom. The minimum Gasteiger partial charge on any atom is -0.391 e. The van der Waals surface area contributed by atoms with Crippen LogP contribution in [-0.2, 0) is 30.7 Å². The highest BCUT2D eigenvalue weighted by molar-refractivity contribution is 5.99. The normalized spacial score (nSPS) is 14.0. The summed E-state index contributed by atoms with van der Waals surface area (Å²) in [5, 5.41) is 4.14. The molecule has 4 rings (SSSR count). The lowest BCUT2D eigenvalue weighted by atomic mass is 10.1. The summed E-state index contributed by atoms with van der Waals surface area (Å²) in [6.45, 7) is 3.71. The van der Waals surface area contributed by atoms with E-state index in [1.165, 1.54) is 23.3 Å². The van der Waals surface area contributed by atoms with Gasteiger partial charge >= 0.3 is 6.18 Å². The van der Waals surface area contributed by atoms with Gasteiger partial charge in [0.2, 0.25) is 0 Å². The van der Waals surface area contributed by atoms with E-state index in [4.69, 9.17) is 4.84 Å². The first kappa shape index (κ1) is 20.0. The second-order valence-electron chi connectivity index (χ2n) is 7.32. The van der Waals surface area contributed by atoms with Gasteiger partial charge in [0.25, 0.3) is 0 Å². The molecule has 0 bridgehead atoms. The number of fused-ring (bicyclic) bond motifs is 1. The van der Waals surface area contributed by atoms with Gasteiger partial charge in [-0.25, -0.2) is 0 Å². The molecular formula is C24H21F3N2O. The van der Waals surface area contributed by atoms with Gasteiger partial charge in [-0.3, -0.25) is 0 Å². The van der Waals surface area contributed by atoms with Crippen molar-refractivity contribution < 1.29 is 18.0 Å². The third-order valence-electron chi connectivity index (χ3n) is 5.18. The lowest BCUT2D eigenvalue weighted by molar-refractivity contribution is -0.137. The van der Waals surface area contributed by atoms with E-state index in [2.05, 4.69) is 46.5 Å². The van der Waals surface area contributed by atoms with Crippen molar-refractivity contribution in [1.29, 1.82) is 0 Å². The van der Waals surface area contributed by atoms with Gasteiger partial charge in [0.05, 0.1) is 11.3 Å². The van der Waals surface area contributed by atoms with Crippen molar-refractivity contribution in [2.24, 2.45) is 5.16 Å². The highest BCUT2D eigenvalue weighted by Crippen LogP contribution is 2.30. The summed E-state index contributed by atoms with van der Waals surface area (Å²) in [5.41, 5.74) is 5.40. The first-order valence-electron chi connectivity index (χ1n) is 9.65. The highest BCUT2D eigenvalue weighted by atomic mass is 19.4. The molecule has 1 aliphatic heterocycles. The van der Waals surface area contributed by atoms with Crippen molar-refractivity contribution in [3.05, 3.63) is 101 Å². The van der Waals surface area contributed by atoms with Crippen molar-refractivity contribution in [2.75, 3.05) is 4.90 Å². The number of hydrogen-bond acceptors (Lipinski definition) is 3. The van der Waals surface area contributed by atoms with Gasteiger partial charge in [-0.1, -0.05) is 53.7 Å². The predicted octanol–water partition coefficient (Wildman–Crippen LogP) is 6.17. The second kappa shape index (κ2) is 8.22. The zero-order valence-electron chi connectivity index (χ0n) is 16.5. The van der Waals surface area contributed by atoms with Crippen LogP contribution in [0.15, 0.2) is 78.0 Å². The van der Waals surface area contributed by atoms with Crippen LogP contribution in [0.4, 0.5) is 18.9 Å². The van der Waals surface area contributed by atoms with Crippen LogP contribution in [-0.4, -0.2) is 5.71 Å². The summed E-state index contributed by atoms with van der Waals surface area (Å²) in [7, 11) is 0. The first-order valence-corrected chi connectivity index (χ1v) is 9.65. The van der Waals surface area contributed by atoms with Crippen molar-refractivity contribution in [3.8, 4) is 0 Å². The van der Waals surface area contributed by atoms with E-state index in [0.717, 1.165) is 36.5 Å². The lowest BCUT2D eigenvalue weighted by Crippen LogP contribution is -2.14. The Morgan fingerprint density at radius 2 is 1.60 bits per heavy atom. The van der Waals surface area contributed by atoms with Crippen molar-refractivity contribution in [1.82, 2.24) is 0 Å². The topological polar surface area (TPSA) is 24.8 Å². The Hall–Kier alpha value is -3.28. The van der Waals surface area contributed by atoms with Gasteiger partial charge in [0, 0.05) is 24.3 Å². The van der Waals surface area contributed by atoms with Crippen LogP contribution in [0.1, 0.15) is 34.7 Å². The molecule has 1 heterocycles. The van der Waals surface area contributed by atoms with Crippen LogP contribution in [0.2, 0.25) is 0 Å². The van der Waals surface area contributed by atoms with Crippen LogP contribution in [0.3, 0.4) is 0 Å². The third kappa shape index (κ3) is 4.48.